The molecule has 4 saturated carbocycles. The smallest absolute Gasteiger partial charge is 0.171 e. The number of fused-ring (bicyclic) bond motifs is 7. The van der Waals surface area contributed by atoms with Crippen LogP contribution in [-0.2, 0) is 9.47 Å². The zero-order chi connectivity index (χ0) is 21.8. The minimum atomic E-state index is -0.537. The van der Waals surface area contributed by atoms with E-state index in [1.807, 2.05) is 0 Å². The number of aliphatic hydroxyl groups excluding tert-OH is 2. The fourth-order valence-electron chi connectivity index (χ4n) is 10.3. The lowest BCUT2D eigenvalue weighted by atomic mass is 9.44. The van der Waals surface area contributed by atoms with Crippen LogP contribution in [0, 0.1) is 52.3 Å². The van der Waals surface area contributed by atoms with Crippen molar-refractivity contribution in [3.63, 3.8) is 0 Å². The van der Waals surface area contributed by atoms with Gasteiger partial charge in [-0.2, -0.15) is 0 Å². The van der Waals surface area contributed by atoms with Crippen molar-refractivity contribution in [2.45, 2.75) is 110 Å². The van der Waals surface area contributed by atoms with Gasteiger partial charge in [-0.1, -0.05) is 27.7 Å². The quantitative estimate of drug-likeness (QED) is 0.579. The minimum absolute atomic E-state index is 0.191. The Morgan fingerprint density at radius 3 is 2.39 bits per heavy atom. The first-order chi connectivity index (χ1) is 14.7. The monoisotopic (exact) mass is 432 g/mol. The number of hydrogen-bond donors (Lipinski definition) is 2. The molecule has 2 saturated heterocycles. The van der Waals surface area contributed by atoms with Crippen LogP contribution in [0.25, 0.3) is 0 Å². The van der Waals surface area contributed by atoms with Crippen molar-refractivity contribution in [1.29, 1.82) is 0 Å². The van der Waals surface area contributed by atoms with Gasteiger partial charge in [0.15, 0.2) is 5.79 Å². The zero-order valence-corrected chi connectivity index (χ0v) is 20.1. The second-order valence-corrected chi connectivity index (χ2v) is 13.2. The Morgan fingerprint density at radius 1 is 0.839 bits per heavy atom. The summed E-state index contributed by atoms with van der Waals surface area (Å²) in [6.07, 6.45) is 9.51. The summed E-state index contributed by atoms with van der Waals surface area (Å²) in [7, 11) is 0. The van der Waals surface area contributed by atoms with Crippen LogP contribution in [0.15, 0.2) is 0 Å². The molecule has 4 nitrogen and oxygen atoms in total. The van der Waals surface area contributed by atoms with Crippen LogP contribution in [0.3, 0.4) is 0 Å². The van der Waals surface area contributed by atoms with Gasteiger partial charge in [-0.15, -0.1) is 0 Å². The van der Waals surface area contributed by atoms with Crippen LogP contribution in [0.1, 0.15) is 85.5 Å². The molecule has 1 spiro atoms. The Hall–Kier alpha value is -0.160. The summed E-state index contributed by atoms with van der Waals surface area (Å²) in [6.45, 7) is 10.6. The maximum Gasteiger partial charge on any atom is 0.171 e. The highest BCUT2D eigenvalue weighted by Crippen LogP contribution is 2.71. The molecule has 2 aliphatic heterocycles. The van der Waals surface area contributed by atoms with E-state index in [0.29, 0.717) is 41.1 Å². The topological polar surface area (TPSA) is 58.9 Å². The molecule has 0 unspecified atom stereocenters. The maximum atomic E-state index is 10.6. The van der Waals surface area contributed by atoms with Crippen molar-refractivity contribution in [2.24, 2.45) is 52.3 Å². The molecule has 0 aromatic carbocycles. The van der Waals surface area contributed by atoms with Gasteiger partial charge in [0.1, 0.15) is 0 Å². The van der Waals surface area contributed by atoms with Gasteiger partial charge in [-0.25, -0.2) is 0 Å². The molecule has 0 radical (unpaired) electrons. The molecule has 4 aliphatic carbocycles. The van der Waals surface area contributed by atoms with Crippen molar-refractivity contribution in [3.8, 4) is 0 Å². The molecule has 2 N–H and O–H groups in total. The predicted molar refractivity (Wildman–Crippen MR) is 119 cm³/mol. The van der Waals surface area contributed by atoms with Crippen molar-refractivity contribution in [1.82, 2.24) is 0 Å². The van der Waals surface area contributed by atoms with Crippen molar-refractivity contribution in [3.05, 3.63) is 0 Å². The number of ether oxygens (including phenoxy) is 2. The summed E-state index contributed by atoms with van der Waals surface area (Å²) in [5, 5.41) is 20.9. The average Bonchev–Trinajstić information content (AvgIpc) is 3.16. The van der Waals surface area contributed by atoms with E-state index in [-0.39, 0.29) is 11.2 Å². The van der Waals surface area contributed by atoms with E-state index in [9.17, 15) is 10.2 Å². The van der Waals surface area contributed by atoms with E-state index in [0.717, 1.165) is 37.7 Å². The van der Waals surface area contributed by atoms with Crippen molar-refractivity contribution in [2.75, 3.05) is 6.61 Å². The minimum Gasteiger partial charge on any atom is -0.390 e. The number of aliphatic hydroxyl groups is 2. The summed E-state index contributed by atoms with van der Waals surface area (Å²) < 4.78 is 13.3. The molecule has 6 fully saturated rings. The van der Waals surface area contributed by atoms with Crippen LogP contribution < -0.4 is 0 Å². The number of hydrogen-bond acceptors (Lipinski definition) is 4. The van der Waals surface area contributed by atoms with E-state index < -0.39 is 12.2 Å². The molecule has 13 atom stereocenters. The lowest BCUT2D eigenvalue weighted by molar-refractivity contribution is -0.273. The van der Waals surface area contributed by atoms with Gasteiger partial charge in [-0.05, 0) is 97.7 Å². The van der Waals surface area contributed by atoms with E-state index in [1.54, 1.807) is 0 Å². The second-order valence-electron chi connectivity index (χ2n) is 13.2. The fraction of sp³-hybridized carbons (Fsp3) is 1.00. The van der Waals surface area contributed by atoms with Crippen molar-refractivity contribution >= 4 is 0 Å². The molecule has 2 heterocycles. The molecular formula is C27H44O4. The summed E-state index contributed by atoms with van der Waals surface area (Å²) >= 11 is 0. The Labute approximate surface area is 188 Å². The highest BCUT2D eigenvalue weighted by atomic mass is 16.7. The number of rotatable bonds is 0. The predicted octanol–water partition coefficient (Wildman–Crippen LogP) is 4.76. The molecule has 0 amide bonds. The van der Waals surface area contributed by atoms with Gasteiger partial charge in [0.25, 0.3) is 0 Å². The lowest BCUT2D eigenvalue weighted by Gasteiger charge is -2.61. The van der Waals surface area contributed by atoms with Crippen LogP contribution in [-0.4, -0.2) is 40.9 Å². The highest BCUT2D eigenvalue weighted by Gasteiger charge is 2.69. The standard InChI is InChI=1S/C27H44O4/c1-15-7-10-27(30-14-15)16(2)24-23(31-27)12-20-18-6-5-17-11-21(28)22(29)13-26(17,4)19(18)8-9-25(20,24)3/h15-24,28-29H,5-14H2,1-4H3/t15-,16+,17+,18-,19+,20+,21+,22+,23+,24+,25+,26+,27-/m1/s1. The van der Waals surface area contributed by atoms with E-state index in [4.69, 9.17) is 9.47 Å². The maximum absolute atomic E-state index is 10.6. The summed E-state index contributed by atoms with van der Waals surface area (Å²) in [4.78, 5) is 0. The molecule has 0 aromatic heterocycles. The summed E-state index contributed by atoms with van der Waals surface area (Å²) in [5.74, 6) is 4.21. The van der Waals surface area contributed by atoms with Gasteiger partial charge in [0, 0.05) is 12.3 Å². The van der Waals surface area contributed by atoms with Crippen molar-refractivity contribution < 1.29 is 19.7 Å². The Morgan fingerprint density at radius 2 is 1.65 bits per heavy atom. The van der Waals surface area contributed by atoms with Crippen LogP contribution >= 0.6 is 0 Å². The normalized spacial score (nSPS) is 63.3. The molecule has 4 heteroatoms. The van der Waals surface area contributed by atoms with Gasteiger partial charge in [0.2, 0.25) is 0 Å². The summed E-state index contributed by atoms with van der Waals surface area (Å²) in [5.41, 5.74) is 0.550. The average molecular weight is 433 g/mol. The molecule has 6 rings (SSSR count). The third-order valence-corrected chi connectivity index (χ3v) is 12.0. The molecule has 31 heavy (non-hydrogen) atoms. The fourth-order valence-corrected chi connectivity index (χ4v) is 10.3. The largest absolute Gasteiger partial charge is 0.390 e. The molecule has 0 bridgehead atoms. The third-order valence-electron chi connectivity index (χ3n) is 12.0. The van der Waals surface area contributed by atoms with Crippen LogP contribution in [0.5, 0.6) is 0 Å². The SMILES string of the molecule is C[C@@H]1CC[C@@]2(OC1)O[C@H]1C[C@H]3[C@@H]4CC[C@H]5C[C@H](O)[C@@H](O)C[C@]5(C)[C@H]4CC[C@]3(C)[C@H]1[C@@H]2C. The second kappa shape index (κ2) is 6.93. The molecule has 0 aromatic rings. The Kier molecular flexibility index (Phi) is 4.78. The van der Waals surface area contributed by atoms with E-state index in [2.05, 4.69) is 27.7 Å². The Balaban J connectivity index is 1.26. The van der Waals surface area contributed by atoms with E-state index >= 15 is 0 Å². The molecule has 176 valence electrons. The highest BCUT2D eigenvalue weighted by molar-refractivity contribution is 5.15. The van der Waals surface area contributed by atoms with Gasteiger partial charge < -0.3 is 19.7 Å². The first kappa shape index (κ1) is 21.4. The third kappa shape index (κ3) is 2.80. The van der Waals surface area contributed by atoms with Gasteiger partial charge >= 0.3 is 0 Å². The molecule has 6 aliphatic rings. The Bertz CT molecular complexity index is 716. The van der Waals surface area contributed by atoms with Crippen LogP contribution in [0.2, 0.25) is 0 Å². The van der Waals surface area contributed by atoms with Gasteiger partial charge in [0.05, 0.1) is 24.9 Å². The van der Waals surface area contributed by atoms with E-state index in [1.165, 1.54) is 38.5 Å². The lowest BCUT2D eigenvalue weighted by Crippen LogP contribution is -2.57. The zero-order valence-electron chi connectivity index (χ0n) is 20.1. The van der Waals surface area contributed by atoms with Crippen LogP contribution in [0.4, 0.5) is 0 Å². The first-order valence-corrected chi connectivity index (χ1v) is 13.4. The van der Waals surface area contributed by atoms with Gasteiger partial charge in [-0.3, -0.25) is 0 Å². The summed E-state index contributed by atoms with van der Waals surface area (Å²) in [6, 6.07) is 0. The first-order valence-electron chi connectivity index (χ1n) is 13.4. The molecular weight excluding hydrogens is 388 g/mol.